The van der Waals surface area contributed by atoms with Gasteiger partial charge in [-0.15, -0.1) is 0 Å². The molecule has 4 heteroatoms. The van der Waals surface area contributed by atoms with Crippen molar-refractivity contribution in [1.82, 2.24) is 9.55 Å². The summed E-state index contributed by atoms with van der Waals surface area (Å²) in [6.07, 6.45) is 4.02. The van der Waals surface area contributed by atoms with Gasteiger partial charge in [-0.2, -0.15) is 4.98 Å². The van der Waals surface area contributed by atoms with E-state index in [1.54, 1.807) is 4.57 Å². The van der Waals surface area contributed by atoms with E-state index in [1.165, 1.54) is 11.6 Å². The van der Waals surface area contributed by atoms with Gasteiger partial charge in [-0.05, 0) is 34.9 Å². The molecule has 1 aliphatic carbocycles. The topological polar surface area (TPSA) is 55.1 Å². The first kappa shape index (κ1) is 20.4. The lowest BCUT2D eigenvalue weighted by atomic mass is 9.77. The van der Waals surface area contributed by atoms with Crippen molar-refractivity contribution in [2.45, 2.75) is 63.8 Å². The number of aromatic hydroxyl groups is 1. The van der Waals surface area contributed by atoms with Gasteiger partial charge in [-0.25, -0.2) is 0 Å². The Morgan fingerprint density at radius 2 is 1.63 bits per heavy atom. The van der Waals surface area contributed by atoms with Crippen LogP contribution in [0.4, 0.5) is 0 Å². The fourth-order valence-corrected chi connectivity index (χ4v) is 4.68. The average molecular weight is 403 g/mol. The van der Waals surface area contributed by atoms with Crippen LogP contribution in [0.5, 0.6) is 5.88 Å². The van der Waals surface area contributed by atoms with Crippen LogP contribution in [0.25, 0.3) is 0 Å². The number of hydrogen-bond acceptors (Lipinski definition) is 3. The van der Waals surface area contributed by atoms with Crippen molar-refractivity contribution < 1.29 is 5.11 Å². The Bertz CT molecular complexity index is 1070. The molecule has 0 aliphatic heterocycles. The van der Waals surface area contributed by atoms with Gasteiger partial charge in [0.2, 0.25) is 5.88 Å². The molecule has 156 valence electrons. The van der Waals surface area contributed by atoms with Gasteiger partial charge < -0.3 is 5.11 Å². The third-order valence-corrected chi connectivity index (χ3v) is 6.37. The zero-order valence-corrected chi connectivity index (χ0v) is 18.1. The maximum Gasteiger partial charge on any atom is 0.257 e. The van der Waals surface area contributed by atoms with Crippen LogP contribution in [-0.2, 0) is 17.4 Å². The molecule has 1 saturated carbocycles. The Kier molecular flexibility index (Phi) is 5.27. The number of hydrogen-bond donors (Lipinski definition) is 1. The molecular formula is C26H30N2O2. The molecule has 4 rings (SSSR count). The minimum Gasteiger partial charge on any atom is -0.493 e. The van der Waals surface area contributed by atoms with E-state index in [-0.39, 0.29) is 22.3 Å². The van der Waals surface area contributed by atoms with E-state index >= 15 is 0 Å². The van der Waals surface area contributed by atoms with Gasteiger partial charge in [0, 0.05) is 0 Å². The summed E-state index contributed by atoms with van der Waals surface area (Å²) in [5.41, 5.74) is 3.02. The Hall–Kier alpha value is -2.88. The average Bonchev–Trinajstić information content (AvgIpc) is 3.21. The summed E-state index contributed by atoms with van der Waals surface area (Å²) in [4.78, 5) is 17.5. The molecule has 0 bridgehead atoms. The number of nitrogens with zero attached hydrogens (tertiary/aromatic N) is 2. The van der Waals surface area contributed by atoms with E-state index in [0.717, 1.165) is 36.8 Å². The smallest absolute Gasteiger partial charge is 0.257 e. The highest BCUT2D eigenvalue weighted by atomic mass is 16.3. The molecule has 30 heavy (non-hydrogen) atoms. The first-order valence-electron chi connectivity index (χ1n) is 10.8. The van der Waals surface area contributed by atoms with Gasteiger partial charge in [0.05, 0.1) is 18.0 Å². The maximum atomic E-state index is 13.0. The third kappa shape index (κ3) is 3.79. The second-order valence-corrected chi connectivity index (χ2v) is 9.46. The molecule has 1 N–H and O–H groups in total. The Labute approximate surface area is 178 Å². The van der Waals surface area contributed by atoms with Gasteiger partial charge in [0.1, 0.15) is 5.82 Å². The zero-order chi connectivity index (χ0) is 21.4. The van der Waals surface area contributed by atoms with Crippen molar-refractivity contribution in [3.63, 3.8) is 0 Å². The molecule has 3 aromatic rings. The molecule has 1 heterocycles. The first-order valence-corrected chi connectivity index (χ1v) is 10.8. The van der Waals surface area contributed by atoms with Gasteiger partial charge >= 0.3 is 0 Å². The standard InChI is InChI=1S/C26H30N2O2/c1-25(2,3)20-13-11-19(12-14-20)18-28-23(30)17-22(29)27-24(28)26(15-7-8-16-26)21-9-5-4-6-10-21/h4-6,9-14,17,29H,7-8,15-16,18H2,1-3H3. The lowest BCUT2D eigenvalue weighted by molar-refractivity contribution is 0.409. The fourth-order valence-electron chi connectivity index (χ4n) is 4.68. The van der Waals surface area contributed by atoms with Crippen molar-refractivity contribution in [1.29, 1.82) is 0 Å². The predicted molar refractivity (Wildman–Crippen MR) is 120 cm³/mol. The van der Waals surface area contributed by atoms with Gasteiger partial charge in [-0.1, -0.05) is 88.2 Å². The second kappa shape index (κ2) is 7.75. The Morgan fingerprint density at radius 3 is 2.23 bits per heavy atom. The quantitative estimate of drug-likeness (QED) is 0.656. The summed E-state index contributed by atoms with van der Waals surface area (Å²) in [6, 6.07) is 20.0. The summed E-state index contributed by atoms with van der Waals surface area (Å²) in [6.45, 7) is 7.02. The lowest BCUT2D eigenvalue weighted by Gasteiger charge is -2.31. The van der Waals surface area contributed by atoms with E-state index in [0.29, 0.717) is 12.4 Å². The molecule has 0 atom stereocenters. The number of benzene rings is 2. The molecule has 1 aromatic heterocycles. The van der Waals surface area contributed by atoms with Crippen LogP contribution in [0.1, 0.15) is 69.0 Å². The van der Waals surface area contributed by atoms with Crippen molar-refractivity contribution in [3.8, 4) is 5.88 Å². The van der Waals surface area contributed by atoms with Crippen LogP contribution in [0.15, 0.2) is 65.5 Å². The van der Waals surface area contributed by atoms with Crippen LogP contribution in [0.2, 0.25) is 0 Å². The predicted octanol–water partition coefficient (Wildman–Crippen LogP) is 5.15. The molecule has 0 amide bonds. The van der Waals surface area contributed by atoms with E-state index < -0.39 is 0 Å². The van der Waals surface area contributed by atoms with Crippen LogP contribution in [-0.4, -0.2) is 14.7 Å². The molecule has 2 aromatic carbocycles. The third-order valence-electron chi connectivity index (χ3n) is 6.37. The normalized spacial score (nSPS) is 16.0. The molecule has 0 spiro atoms. The summed E-state index contributed by atoms with van der Waals surface area (Å²) in [7, 11) is 0. The lowest BCUT2D eigenvalue weighted by Crippen LogP contribution is -2.35. The number of rotatable bonds is 4. The largest absolute Gasteiger partial charge is 0.493 e. The molecule has 0 radical (unpaired) electrons. The summed E-state index contributed by atoms with van der Waals surface area (Å²) >= 11 is 0. The highest BCUT2D eigenvalue weighted by Gasteiger charge is 2.41. The SMILES string of the molecule is CC(C)(C)c1ccc(Cn2c(C3(c4ccccc4)CCCC3)nc(O)cc2=O)cc1. The van der Waals surface area contributed by atoms with Crippen molar-refractivity contribution in [2.75, 3.05) is 0 Å². The molecule has 0 saturated heterocycles. The van der Waals surface area contributed by atoms with Crippen LogP contribution in [0.3, 0.4) is 0 Å². The number of aromatic nitrogens is 2. The van der Waals surface area contributed by atoms with Crippen LogP contribution >= 0.6 is 0 Å². The van der Waals surface area contributed by atoms with Crippen molar-refractivity contribution in [2.24, 2.45) is 0 Å². The maximum absolute atomic E-state index is 13.0. The molecule has 1 aliphatic rings. The van der Waals surface area contributed by atoms with Crippen LogP contribution in [0, 0.1) is 0 Å². The monoisotopic (exact) mass is 402 g/mol. The van der Waals surface area contributed by atoms with Gasteiger partial charge in [0.15, 0.2) is 0 Å². The fraction of sp³-hybridized carbons (Fsp3) is 0.385. The van der Waals surface area contributed by atoms with Gasteiger partial charge in [0.25, 0.3) is 5.56 Å². The minimum absolute atomic E-state index is 0.0852. The van der Waals surface area contributed by atoms with Crippen molar-refractivity contribution >= 4 is 0 Å². The first-order chi connectivity index (χ1) is 14.3. The summed E-state index contributed by atoms with van der Waals surface area (Å²) in [5.74, 6) is 0.479. The van der Waals surface area contributed by atoms with Crippen LogP contribution < -0.4 is 5.56 Å². The highest BCUT2D eigenvalue weighted by Crippen LogP contribution is 2.45. The molecule has 1 fully saturated rings. The highest BCUT2D eigenvalue weighted by molar-refractivity contribution is 5.36. The van der Waals surface area contributed by atoms with Gasteiger partial charge in [-0.3, -0.25) is 9.36 Å². The molecular weight excluding hydrogens is 372 g/mol. The summed E-state index contributed by atoms with van der Waals surface area (Å²) < 4.78 is 1.75. The van der Waals surface area contributed by atoms with E-state index in [2.05, 4.69) is 62.2 Å². The Morgan fingerprint density at radius 1 is 1.00 bits per heavy atom. The van der Waals surface area contributed by atoms with Crippen molar-refractivity contribution in [3.05, 3.63) is 93.5 Å². The van der Waals surface area contributed by atoms with E-state index in [1.807, 2.05) is 18.2 Å². The molecule has 4 nitrogen and oxygen atoms in total. The van der Waals surface area contributed by atoms with E-state index in [9.17, 15) is 9.90 Å². The zero-order valence-electron chi connectivity index (χ0n) is 18.1. The van der Waals surface area contributed by atoms with E-state index in [4.69, 9.17) is 0 Å². The molecule has 0 unspecified atom stereocenters. The minimum atomic E-state index is -0.343. The summed E-state index contributed by atoms with van der Waals surface area (Å²) in [5, 5.41) is 10.2. The second-order valence-electron chi connectivity index (χ2n) is 9.46. The Balaban J connectivity index is 1.81.